The summed E-state index contributed by atoms with van der Waals surface area (Å²) in [5.41, 5.74) is 3.67. The molecule has 0 radical (unpaired) electrons. The van der Waals surface area contributed by atoms with Crippen molar-refractivity contribution in [3.63, 3.8) is 0 Å². The molecule has 1 aliphatic heterocycles. The van der Waals surface area contributed by atoms with Crippen molar-refractivity contribution in [2.24, 2.45) is 0 Å². The minimum Gasteiger partial charge on any atom is -0.490 e. The molecule has 0 fully saturated rings. The van der Waals surface area contributed by atoms with E-state index in [9.17, 15) is 0 Å². The van der Waals surface area contributed by atoms with Gasteiger partial charge in [0.05, 0.1) is 5.69 Å². The molecule has 3 heteroatoms. The Hall–Kier alpha value is -2.16. The van der Waals surface area contributed by atoms with Gasteiger partial charge in [-0.25, -0.2) is 0 Å². The highest BCUT2D eigenvalue weighted by molar-refractivity contribution is 5.60. The second-order valence-electron chi connectivity index (χ2n) is 4.96. The first-order valence-electron chi connectivity index (χ1n) is 7.16. The van der Waals surface area contributed by atoms with Gasteiger partial charge < -0.3 is 15.0 Å². The van der Waals surface area contributed by atoms with Crippen molar-refractivity contribution in [1.29, 1.82) is 0 Å². The molecule has 0 saturated carbocycles. The minimum absolute atomic E-state index is 0.747. The van der Waals surface area contributed by atoms with Crippen LogP contribution in [-0.4, -0.2) is 19.7 Å². The first-order valence-corrected chi connectivity index (χ1v) is 7.16. The van der Waals surface area contributed by atoms with Crippen LogP contribution < -0.4 is 15.0 Å². The van der Waals surface area contributed by atoms with E-state index in [1.807, 2.05) is 0 Å². The Labute approximate surface area is 120 Å². The highest BCUT2D eigenvalue weighted by Gasteiger charge is 2.11. The summed E-state index contributed by atoms with van der Waals surface area (Å²) in [4.78, 5) is 2.37. The van der Waals surface area contributed by atoms with Crippen LogP contribution in [0.4, 0.5) is 11.4 Å². The smallest absolute Gasteiger partial charge is 0.142 e. The molecule has 3 nitrogen and oxygen atoms in total. The SMILES string of the molecule is CCN(Cc1ccc2c(c1)NCCO2)c1ccccc1. The maximum Gasteiger partial charge on any atom is 0.142 e. The summed E-state index contributed by atoms with van der Waals surface area (Å²) in [6, 6.07) is 16.9. The maximum absolute atomic E-state index is 5.62. The lowest BCUT2D eigenvalue weighted by Crippen LogP contribution is -2.22. The summed E-state index contributed by atoms with van der Waals surface area (Å²) in [5, 5.41) is 3.39. The van der Waals surface area contributed by atoms with E-state index in [4.69, 9.17) is 4.74 Å². The summed E-state index contributed by atoms with van der Waals surface area (Å²) in [6.45, 7) is 5.72. The van der Waals surface area contributed by atoms with E-state index in [-0.39, 0.29) is 0 Å². The highest BCUT2D eigenvalue weighted by atomic mass is 16.5. The Morgan fingerprint density at radius 2 is 2.00 bits per heavy atom. The van der Waals surface area contributed by atoms with Crippen molar-refractivity contribution in [3.8, 4) is 5.75 Å². The fourth-order valence-corrected chi connectivity index (χ4v) is 2.53. The molecule has 2 aromatic rings. The van der Waals surface area contributed by atoms with Gasteiger partial charge in [0.1, 0.15) is 12.4 Å². The average Bonchev–Trinajstić information content (AvgIpc) is 2.53. The number of fused-ring (bicyclic) bond motifs is 1. The third-order valence-corrected chi connectivity index (χ3v) is 3.60. The summed E-state index contributed by atoms with van der Waals surface area (Å²) in [6.07, 6.45) is 0. The van der Waals surface area contributed by atoms with Crippen LogP contribution in [0.2, 0.25) is 0 Å². The van der Waals surface area contributed by atoms with E-state index in [1.165, 1.54) is 11.3 Å². The first-order chi connectivity index (χ1) is 9.86. The van der Waals surface area contributed by atoms with Crippen molar-refractivity contribution < 1.29 is 4.74 Å². The van der Waals surface area contributed by atoms with E-state index in [0.717, 1.165) is 37.7 Å². The number of nitrogens with one attached hydrogen (secondary N) is 1. The zero-order valence-electron chi connectivity index (χ0n) is 11.8. The lowest BCUT2D eigenvalue weighted by molar-refractivity contribution is 0.323. The van der Waals surface area contributed by atoms with Crippen LogP contribution in [0.3, 0.4) is 0 Å². The number of ether oxygens (including phenoxy) is 1. The van der Waals surface area contributed by atoms with Crippen LogP contribution in [0.5, 0.6) is 5.75 Å². The molecule has 0 atom stereocenters. The maximum atomic E-state index is 5.62. The largest absolute Gasteiger partial charge is 0.490 e. The fourth-order valence-electron chi connectivity index (χ4n) is 2.53. The van der Waals surface area contributed by atoms with Crippen molar-refractivity contribution in [1.82, 2.24) is 0 Å². The third-order valence-electron chi connectivity index (χ3n) is 3.60. The predicted octanol–water partition coefficient (Wildman–Crippen LogP) is 3.52. The number of hydrogen-bond donors (Lipinski definition) is 1. The Morgan fingerprint density at radius 1 is 1.15 bits per heavy atom. The molecule has 3 rings (SSSR count). The summed E-state index contributed by atoms with van der Waals surface area (Å²) >= 11 is 0. The second kappa shape index (κ2) is 5.87. The standard InChI is InChI=1S/C17H20N2O/c1-2-19(15-6-4-3-5-7-15)13-14-8-9-17-16(12-14)18-10-11-20-17/h3-9,12,18H,2,10-11,13H2,1H3. The van der Waals surface area contributed by atoms with Crippen molar-refractivity contribution in [3.05, 3.63) is 54.1 Å². The lowest BCUT2D eigenvalue weighted by atomic mass is 10.1. The molecule has 0 spiro atoms. The van der Waals surface area contributed by atoms with E-state index in [2.05, 4.69) is 65.7 Å². The molecule has 1 heterocycles. The van der Waals surface area contributed by atoms with Crippen LogP contribution >= 0.6 is 0 Å². The fraction of sp³-hybridized carbons (Fsp3) is 0.294. The molecule has 0 unspecified atom stereocenters. The zero-order chi connectivity index (χ0) is 13.8. The van der Waals surface area contributed by atoms with Gasteiger partial charge in [0.2, 0.25) is 0 Å². The molecule has 0 saturated heterocycles. The molecule has 0 bridgehead atoms. The van der Waals surface area contributed by atoms with Crippen LogP contribution in [0.15, 0.2) is 48.5 Å². The van der Waals surface area contributed by atoms with E-state index < -0.39 is 0 Å². The van der Waals surface area contributed by atoms with Crippen molar-refractivity contribution in [2.75, 3.05) is 29.9 Å². The topological polar surface area (TPSA) is 24.5 Å². The Kier molecular flexibility index (Phi) is 3.77. The molecule has 20 heavy (non-hydrogen) atoms. The quantitative estimate of drug-likeness (QED) is 0.918. The van der Waals surface area contributed by atoms with Gasteiger partial charge in [-0.2, -0.15) is 0 Å². The van der Waals surface area contributed by atoms with E-state index in [1.54, 1.807) is 0 Å². The molecular weight excluding hydrogens is 248 g/mol. The van der Waals surface area contributed by atoms with Gasteiger partial charge in [0, 0.05) is 25.3 Å². The van der Waals surface area contributed by atoms with Crippen LogP contribution in [0, 0.1) is 0 Å². The molecular formula is C17H20N2O. The van der Waals surface area contributed by atoms with Gasteiger partial charge in [-0.3, -0.25) is 0 Å². The molecule has 2 aromatic carbocycles. The number of rotatable bonds is 4. The number of hydrogen-bond acceptors (Lipinski definition) is 3. The molecule has 0 amide bonds. The Bertz CT molecular complexity index is 568. The first kappa shape index (κ1) is 12.9. The highest BCUT2D eigenvalue weighted by Crippen LogP contribution is 2.29. The predicted molar refractivity (Wildman–Crippen MR) is 83.6 cm³/mol. The number of nitrogens with zero attached hydrogens (tertiary/aromatic N) is 1. The lowest BCUT2D eigenvalue weighted by Gasteiger charge is -2.25. The summed E-state index contributed by atoms with van der Waals surface area (Å²) in [7, 11) is 0. The molecule has 0 aromatic heterocycles. The van der Waals surface area contributed by atoms with Gasteiger partial charge in [0.25, 0.3) is 0 Å². The van der Waals surface area contributed by atoms with E-state index >= 15 is 0 Å². The molecule has 0 aliphatic carbocycles. The van der Waals surface area contributed by atoms with E-state index in [0.29, 0.717) is 0 Å². The zero-order valence-corrected chi connectivity index (χ0v) is 11.8. The van der Waals surface area contributed by atoms with Crippen LogP contribution in [0.25, 0.3) is 0 Å². The van der Waals surface area contributed by atoms with Crippen molar-refractivity contribution >= 4 is 11.4 Å². The Morgan fingerprint density at radius 3 is 2.80 bits per heavy atom. The Balaban J connectivity index is 1.79. The average molecular weight is 268 g/mol. The van der Waals surface area contributed by atoms with Crippen molar-refractivity contribution in [2.45, 2.75) is 13.5 Å². The summed E-state index contributed by atoms with van der Waals surface area (Å²) < 4.78 is 5.62. The van der Waals surface area contributed by atoms with Crippen LogP contribution in [0.1, 0.15) is 12.5 Å². The third kappa shape index (κ3) is 2.72. The molecule has 1 aliphatic rings. The van der Waals surface area contributed by atoms with Gasteiger partial charge in [0.15, 0.2) is 0 Å². The number of para-hydroxylation sites is 1. The normalized spacial score (nSPS) is 13.1. The number of benzene rings is 2. The number of anilines is 2. The van der Waals surface area contributed by atoms with Crippen LogP contribution in [-0.2, 0) is 6.54 Å². The van der Waals surface area contributed by atoms with Gasteiger partial charge in [-0.05, 0) is 36.8 Å². The van der Waals surface area contributed by atoms with Gasteiger partial charge in [-0.15, -0.1) is 0 Å². The second-order valence-corrected chi connectivity index (χ2v) is 4.96. The monoisotopic (exact) mass is 268 g/mol. The molecule has 1 N–H and O–H groups in total. The van der Waals surface area contributed by atoms with Gasteiger partial charge >= 0.3 is 0 Å². The minimum atomic E-state index is 0.747. The molecule has 104 valence electrons. The van der Waals surface area contributed by atoms with Gasteiger partial charge in [-0.1, -0.05) is 24.3 Å². The summed E-state index contributed by atoms with van der Waals surface area (Å²) in [5.74, 6) is 0.961.